The molecule has 4 rings (SSSR count). The zero-order valence-corrected chi connectivity index (χ0v) is 13.1. The molecule has 0 spiro atoms. The quantitative estimate of drug-likeness (QED) is 0.869. The van der Waals surface area contributed by atoms with Crippen molar-refractivity contribution in [1.29, 1.82) is 0 Å². The summed E-state index contributed by atoms with van der Waals surface area (Å²) in [5.41, 5.74) is 3.44. The van der Waals surface area contributed by atoms with Crippen molar-refractivity contribution < 1.29 is 5.11 Å². The molecule has 1 N–H and O–H groups in total. The number of fused-ring (bicyclic) bond motifs is 3. The van der Waals surface area contributed by atoms with Gasteiger partial charge in [0.05, 0.1) is 5.60 Å². The maximum Gasteiger partial charge on any atom is 0.0718 e. The van der Waals surface area contributed by atoms with Crippen LogP contribution in [0.1, 0.15) is 42.0 Å². The predicted octanol–water partition coefficient (Wildman–Crippen LogP) is 3.52. The summed E-state index contributed by atoms with van der Waals surface area (Å²) >= 11 is 0. The van der Waals surface area contributed by atoms with Crippen LogP contribution in [-0.4, -0.2) is 28.7 Å². The van der Waals surface area contributed by atoms with Crippen LogP contribution in [0.2, 0.25) is 0 Å². The molecular formula is C20H23NO. The summed E-state index contributed by atoms with van der Waals surface area (Å²) in [5, 5.41) is 11.1. The number of hydrogen-bond acceptors (Lipinski definition) is 2. The summed E-state index contributed by atoms with van der Waals surface area (Å²) in [5.74, 6) is 0.129. The Morgan fingerprint density at radius 1 is 1.00 bits per heavy atom. The molecule has 2 aromatic rings. The van der Waals surface area contributed by atoms with E-state index in [9.17, 15) is 5.11 Å². The fourth-order valence-electron chi connectivity index (χ4n) is 4.36. The Morgan fingerprint density at radius 2 is 1.73 bits per heavy atom. The first-order valence-electron chi connectivity index (χ1n) is 8.26. The summed E-state index contributed by atoms with van der Waals surface area (Å²) in [6.45, 7) is 4.09. The number of rotatable bonds is 1. The Kier molecular flexibility index (Phi) is 3.32. The molecule has 0 saturated carbocycles. The van der Waals surface area contributed by atoms with Crippen LogP contribution in [0.4, 0.5) is 0 Å². The fourth-order valence-corrected chi connectivity index (χ4v) is 4.36. The molecule has 0 bridgehead atoms. The lowest BCUT2D eigenvalue weighted by molar-refractivity contribution is -0.0600. The number of piperidine rings is 1. The molecule has 0 amide bonds. The number of nitrogens with zero attached hydrogens (tertiary/aromatic N) is 1. The minimum Gasteiger partial charge on any atom is -0.389 e. The molecule has 2 heteroatoms. The highest BCUT2D eigenvalue weighted by atomic mass is 16.3. The van der Waals surface area contributed by atoms with E-state index in [-0.39, 0.29) is 12.0 Å². The van der Waals surface area contributed by atoms with Crippen LogP contribution in [0.3, 0.4) is 0 Å². The topological polar surface area (TPSA) is 23.5 Å². The SMILES string of the molecule is CC1(O)CCN2CCc3ccccc3C2C1c1ccccc1. The van der Waals surface area contributed by atoms with Crippen molar-refractivity contribution in [1.82, 2.24) is 4.90 Å². The average molecular weight is 293 g/mol. The molecule has 2 aliphatic heterocycles. The third-order valence-electron chi connectivity index (χ3n) is 5.49. The van der Waals surface area contributed by atoms with Gasteiger partial charge >= 0.3 is 0 Å². The van der Waals surface area contributed by atoms with Crippen LogP contribution in [-0.2, 0) is 6.42 Å². The first-order valence-corrected chi connectivity index (χ1v) is 8.26. The standard InChI is InChI=1S/C20H23NO/c1-20(22)12-14-21-13-11-15-7-5-6-10-17(15)19(21)18(20)16-8-3-2-4-9-16/h2-10,18-19,22H,11-14H2,1H3. The van der Waals surface area contributed by atoms with Crippen molar-refractivity contribution in [3.8, 4) is 0 Å². The highest BCUT2D eigenvalue weighted by Gasteiger charge is 2.47. The molecule has 1 saturated heterocycles. The van der Waals surface area contributed by atoms with Gasteiger partial charge in [-0.3, -0.25) is 4.90 Å². The number of benzene rings is 2. The van der Waals surface area contributed by atoms with Gasteiger partial charge in [0.2, 0.25) is 0 Å². The first-order chi connectivity index (χ1) is 10.7. The molecule has 22 heavy (non-hydrogen) atoms. The van der Waals surface area contributed by atoms with E-state index in [0.29, 0.717) is 0 Å². The lowest BCUT2D eigenvalue weighted by Gasteiger charge is -2.51. The van der Waals surface area contributed by atoms with Crippen molar-refractivity contribution in [2.24, 2.45) is 0 Å². The molecule has 3 atom stereocenters. The van der Waals surface area contributed by atoms with Gasteiger partial charge in [0.15, 0.2) is 0 Å². The second-order valence-corrected chi connectivity index (χ2v) is 6.93. The molecule has 0 radical (unpaired) electrons. The maximum atomic E-state index is 11.1. The zero-order chi connectivity index (χ0) is 15.2. The third-order valence-corrected chi connectivity index (χ3v) is 5.49. The van der Waals surface area contributed by atoms with Gasteiger partial charge in [-0.25, -0.2) is 0 Å². The van der Waals surface area contributed by atoms with E-state index in [1.165, 1.54) is 16.7 Å². The lowest BCUT2D eigenvalue weighted by Crippen LogP contribution is -2.52. The molecule has 0 aliphatic carbocycles. The van der Waals surface area contributed by atoms with E-state index in [1.54, 1.807) is 0 Å². The largest absolute Gasteiger partial charge is 0.389 e. The third kappa shape index (κ3) is 2.18. The van der Waals surface area contributed by atoms with Gasteiger partial charge < -0.3 is 5.11 Å². The van der Waals surface area contributed by atoms with E-state index in [0.717, 1.165) is 25.9 Å². The summed E-state index contributed by atoms with van der Waals surface area (Å²) in [7, 11) is 0. The summed E-state index contributed by atoms with van der Waals surface area (Å²) < 4.78 is 0. The van der Waals surface area contributed by atoms with Gasteiger partial charge in [-0.2, -0.15) is 0 Å². The molecular weight excluding hydrogens is 270 g/mol. The minimum atomic E-state index is -0.660. The van der Waals surface area contributed by atoms with Gasteiger partial charge in [-0.15, -0.1) is 0 Å². The van der Waals surface area contributed by atoms with Crippen LogP contribution in [0.25, 0.3) is 0 Å². The normalized spacial score (nSPS) is 31.4. The monoisotopic (exact) mass is 293 g/mol. The van der Waals surface area contributed by atoms with E-state index in [2.05, 4.69) is 53.4 Å². The average Bonchev–Trinajstić information content (AvgIpc) is 2.55. The van der Waals surface area contributed by atoms with Crippen molar-refractivity contribution in [3.63, 3.8) is 0 Å². The highest BCUT2D eigenvalue weighted by Crippen LogP contribution is 2.49. The molecule has 114 valence electrons. The van der Waals surface area contributed by atoms with Gasteiger partial charge in [0.25, 0.3) is 0 Å². The van der Waals surface area contributed by atoms with Crippen LogP contribution in [0.15, 0.2) is 54.6 Å². The summed E-state index contributed by atoms with van der Waals surface area (Å²) in [4.78, 5) is 2.57. The van der Waals surface area contributed by atoms with Crippen LogP contribution in [0.5, 0.6) is 0 Å². The van der Waals surface area contributed by atoms with Crippen molar-refractivity contribution in [3.05, 3.63) is 71.3 Å². The first kappa shape index (κ1) is 14.0. The van der Waals surface area contributed by atoms with E-state index < -0.39 is 5.60 Å². The molecule has 1 fully saturated rings. The van der Waals surface area contributed by atoms with E-state index >= 15 is 0 Å². The highest BCUT2D eigenvalue weighted by molar-refractivity contribution is 5.38. The van der Waals surface area contributed by atoms with E-state index in [1.807, 2.05) is 13.0 Å². The number of hydrogen-bond donors (Lipinski definition) is 1. The molecule has 2 nitrogen and oxygen atoms in total. The van der Waals surface area contributed by atoms with Crippen molar-refractivity contribution in [2.75, 3.05) is 13.1 Å². The minimum absolute atomic E-state index is 0.129. The second kappa shape index (κ2) is 5.22. The summed E-state index contributed by atoms with van der Waals surface area (Å²) in [6, 6.07) is 19.6. The Morgan fingerprint density at radius 3 is 2.55 bits per heavy atom. The Hall–Kier alpha value is -1.64. The fraction of sp³-hybridized carbons (Fsp3) is 0.400. The lowest BCUT2D eigenvalue weighted by atomic mass is 9.69. The van der Waals surface area contributed by atoms with Crippen LogP contribution < -0.4 is 0 Å². The molecule has 2 aromatic carbocycles. The Bertz CT molecular complexity index is 664. The predicted molar refractivity (Wildman–Crippen MR) is 88.9 cm³/mol. The van der Waals surface area contributed by atoms with Crippen molar-refractivity contribution >= 4 is 0 Å². The Labute approximate surface area is 132 Å². The van der Waals surface area contributed by atoms with Gasteiger partial charge in [-0.05, 0) is 36.5 Å². The van der Waals surface area contributed by atoms with Gasteiger partial charge in [0.1, 0.15) is 0 Å². The van der Waals surface area contributed by atoms with Crippen molar-refractivity contribution in [2.45, 2.75) is 37.3 Å². The zero-order valence-electron chi connectivity index (χ0n) is 13.1. The van der Waals surface area contributed by atoms with Crippen LogP contribution in [0, 0.1) is 0 Å². The van der Waals surface area contributed by atoms with Crippen LogP contribution >= 0.6 is 0 Å². The summed E-state index contributed by atoms with van der Waals surface area (Å²) in [6.07, 6.45) is 1.96. The molecule has 3 unspecified atom stereocenters. The smallest absolute Gasteiger partial charge is 0.0718 e. The Balaban J connectivity index is 1.86. The van der Waals surface area contributed by atoms with Gasteiger partial charge in [-0.1, -0.05) is 54.6 Å². The second-order valence-electron chi connectivity index (χ2n) is 6.93. The molecule has 2 aliphatic rings. The maximum absolute atomic E-state index is 11.1. The van der Waals surface area contributed by atoms with Gasteiger partial charge in [0, 0.05) is 25.0 Å². The molecule has 2 heterocycles. The molecule has 0 aromatic heterocycles. The van der Waals surface area contributed by atoms with E-state index in [4.69, 9.17) is 0 Å². The number of aliphatic hydroxyl groups is 1.